The molecule has 2 atom stereocenters. The number of rotatable bonds is 2. The van der Waals surface area contributed by atoms with Gasteiger partial charge in [-0.1, -0.05) is 49.0 Å². The molecule has 0 amide bonds. The van der Waals surface area contributed by atoms with E-state index in [9.17, 15) is 4.79 Å². The van der Waals surface area contributed by atoms with Crippen LogP contribution in [0, 0.1) is 0 Å². The summed E-state index contributed by atoms with van der Waals surface area (Å²) in [6, 6.07) is 9.90. The molecular weight excluding hydrogens is 208 g/mol. The smallest absolute Gasteiger partial charge is 0.201 e. The molecule has 0 aromatic heterocycles. The second-order valence-electron chi connectivity index (χ2n) is 3.58. The van der Waals surface area contributed by atoms with E-state index in [2.05, 4.69) is 6.92 Å². The summed E-state index contributed by atoms with van der Waals surface area (Å²) in [5, 5.41) is 0.235. The first-order chi connectivity index (χ1) is 7.33. The summed E-state index contributed by atoms with van der Waals surface area (Å²) < 4.78 is 5.61. The fourth-order valence-electron chi connectivity index (χ4n) is 1.88. The molecule has 2 rings (SSSR count). The van der Waals surface area contributed by atoms with Crippen LogP contribution in [0.2, 0.25) is 0 Å². The number of hydrogen-bond donors (Lipinski definition) is 0. The minimum atomic E-state index is -0.0880. The molecule has 1 fully saturated rings. The van der Waals surface area contributed by atoms with E-state index in [1.165, 1.54) is 11.8 Å². The summed E-state index contributed by atoms with van der Waals surface area (Å²) in [4.78, 5) is 11.8. The van der Waals surface area contributed by atoms with E-state index in [-0.39, 0.29) is 17.1 Å². The molecule has 0 radical (unpaired) electrons. The number of benzene rings is 1. The Morgan fingerprint density at radius 3 is 2.80 bits per heavy atom. The predicted octanol–water partition coefficient (Wildman–Crippen LogP) is 2.80. The highest BCUT2D eigenvalue weighted by Crippen LogP contribution is 2.33. The Kier molecular flexibility index (Phi) is 3.44. The summed E-state index contributed by atoms with van der Waals surface area (Å²) in [7, 11) is 0. The van der Waals surface area contributed by atoms with E-state index in [1.807, 2.05) is 30.3 Å². The summed E-state index contributed by atoms with van der Waals surface area (Å²) in [6.07, 6.45) is 0.924. The van der Waals surface area contributed by atoms with Gasteiger partial charge in [-0.3, -0.25) is 4.79 Å². The van der Waals surface area contributed by atoms with Gasteiger partial charge in [0.25, 0.3) is 0 Å². The van der Waals surface area contributed by atoms with Crippen molar-refractivity contribution in [2.24, 2.45) is 0 Å². The molecule has 0 saturated carbocycles. The number of carbonyl (C=O) groups is 1. The van der Waals surface area contributed by atoms with Gasteiger partial charge in [-0.25, -0.2) is 0 Å². The number of carbonyl (C=O) groups excluding carboxylic acids is 1. The van der Waals surface area contributed by atoms with E-state index in [4.69, 9.17) is 4.74 Å². The van der Waals surface area contributed by atoms with Crippen LogP contribution in [0.5, 0.6) is 0 Å². The van der Waals surface area contributed by atoms with Gasteiger partial charge in [0.1, 0.15) is 0 Å². The van der Waals surface area contributed by atoms with Crippen LogP contribution >= 0.6 is 11.8 Å². The van der Waals surface area contributed by atoms with Crippen LogP contribution in [0.15, 0.2) is 30.3 Å². The minimum absolute atomic E-state index is 0.0427. The normalized spacial score (nSPS) is 26.6. The summed E-state index contributed by atoms with van der Waals surface area (Å²) in [5.74, 6) is 0.413. The Morgan fingerprint density at radius 2 is 2.13 bits per heavy atom. The van der Waals surface area contributed by atoms with Crippen LogP contribution in [-0.2, 0) is 9.53 Å². The molecular formula is C12H14O2S. The lowest BCUT2D eigenvalue weighted by molar-refractivity contribution is -0.117. The Balaban J connectivity index is 2.27. The zero-order valence-corrected chi connectivity index (χ0v) is 9.50. The average molecular weight is 222 g/mol. The molecule has 15 heavy (non-hydrogen) atoms. The highest BCUT2D eigenvalue weighted by Gasteiger charge is 2.33. The zero-order valence-electron chi connectivity index (χ0n) is 8.68. The van der Waals surface area contributed by atoms with E-state index in [1.54, 1.807) is 0 Å². The molecule has 1 saturated heterocycles. The molecule has 3 heteroatoms. The lowest BCUT2D eigenvalue weighted by Gasteiger charge is -2.29. The van der Waals surface area contributed by atoms with Crippen LogP contribution in [0.3, 0.4) is 0 Å². The van der Waals surface area contributed by atoms with E-state index >= 15 is 0 Å². The van der Waals surface area contributed by atoms with Gasteiger partial charge in [0.2, 0.25) is 5.12 Å². The predicted molar refractivity (Wildman–Crippen MR) is 61.8 cm³/mol. The highest BCUT2D eigenvalue weighted by molar-refractivity contribution is 8.13. The van der Waals surface area contributed by atoms with E-state index < -0.39 is 0 Å². The first kappa shape index (κ1) is 10.7. The van der Waals surface area contributed by atoms with Crippen molar-refractivity contribution in [2.75, 3.05) is 5.94 Å². The molecule has 1 aromatic rings. The Morgan fingerprint density at radius 1 is 1.40 bits per heavy atom. The molecule has 1 aliphatic heterocycles. The maximum absolute atomic E-state index is 11.8. The number of hydrogen-bond acceptors (Lipinski definition) is 3. The van der Waals surface area contributed by atoms with Gasteiger partial charge in [-0.15, -0.1) is 0 Å². The molecule has 2 nitrogen and oxygen atoms in total. The molecule has 1 heterocycles. The Labute approximate surface area is 94.0 Å². The van der Waals surface area contributed by atoms with Crippen molar-refractivity contribution in [3.63, 3.8) is 0 Å². The van der Waals surface area contributed by atoms with Crippen molar-refractivity contribution in [2.45, 2.75) is 25.4 Å². The van der Waals surface area contributed by atoms with Gasteiger partial charge >= 0.3 is 0 Å². The number of ether oxygens (including phenoxy) is 1. The monoisotopic (exact) mass is 222 g/mol. The third kappa shape index (κ3) is 2.24. The van der Waals surface area contributed by atoms with Crippen LogP contribution in [0.1, 0.15) is 24.8 Å². The van der Waals surface area contributed by atoms with E-state index in [0.717, 1.165) is 12.0 Å². The van der Waals surface area contributed by atoms with Crippen LogP contribution in [-0.4, -0.2) is 17.2 Å². The Bertz CT molecular complexity index is 337. The second kappa shape index (κ2) is 4.81. The second-order valence-corrected chi connectivity index (χ2v) is 4.51. The van der Waals surface area contributed by atoms with Crippen molar-refractivity contribution >= 4 is 16.9 Å². The zero-order chi connectivity index (χ0) is 10.7. The van der Waals surface area contributed by atoms with Gasteiger partial charge in [0, 0.05) is 0 Å². The van der Waals surface area contributed by atoms with Crippen molar-refractivity contribution in [3.05, 3.63) is 35.9 Å². The summed E-state index contributed by atoms with van der Waals surface area (Å²) >= 11 is 1.28. The number of thioether (sulfide) groups is 1. The fraction of sp³-hybridized carbons (Fsp3) is 0.417. The van der Waals surface area contributed by atoms with Gasteiger partial charge in [0.05, 0.1) is 18.0 Å². The molecule has 80 valence electrons. The van der Waals surface area contributed by atoms with Crippen LogP contribution in [0.25, 0.3) is 0 Å². The average Bonchev–Trinajstić information content (AvgIpc) is 2.29. The lowest BCUT2D eigenvalue weighted by Crippen LogP contribution is -2.31. The first-order valence-corrected chi connectivity index (χ1v) is 6.14. The fourth-order valence-corrected chi connectivity index (χ4v) is 2.71. The largest absolute Gasteiger partial charge is 0.366 e. The molecule has 0 N–H and O–H groups in total. The highest BCUT2D eigenvalue weighted by atomic mass is 32.2. The van der Waals surface area contributed by atoms with Gasteiger partial charge < -0.3 is 4.74 Å². The lowest BCUT2D eigenvalue weighted by atomic mass is 9.93. The van der Waals surface area contributed by atoms with Crippen LogP contribution < -0.4 is 0 Å². The van der Waals surface area contributed by atoms with Gasteiger partial charge in [0.15, 0.2) is 0 Å². The van der Waals surface area contributed by atoms with Crippen molar-refractivity contribution < 1.29 is 9.53 Å². The third-order valence-corrected chi connectivity index (χ3v) is 3.46. The molecule has 0 bridgehead atoms. The SMILES string of the molecule is CC[C@H]1OCSC(=O)[C@H]1c1ccccc1. The first-order valence-electron chi connectivity index (χ1n) is 5.16. The standard InChI is InChI=1S/C12H14O2S/c1-2-10-11(12(13)15-8-14-10)9-6-4-3-5-7-9/h3-7,10-11H,2,8H2,1H3/t10-,11+/m1/s1. The maximum atomic E-state index is 11.8. The Hall–Kier alpha value is -0.800. The van der Waals surface area contributed by atoms with Crippen LogP contribution in [0.4, 0.5) is 0 Å². The molecule has 0 spiro atoms. The van der Waals surface area contributed by atoms with Gasteiger partial charge in [-0.2, -0.15) is 0 Å². The minimum Gasteiger partial charge on any atom is -0.366 e. The van der Waals surface area contributed by atoms with Crippen molar-refractivity contribution in [3.8, 4) is 0 Å². The summed E-state index contributed by atoms with van der Waals surface area (Å²) in [6.45, 7) is 2.06. The van der Waals surface area contributed by atoms with Crippen molar-refractivity contribution in [1.82, 2.24) is 0 Å². The van der Waals surface area contributed by atoms with Crippen molar-refractivity contribution in [1.29, 1.82) is 0 Å². The molecule has 0 aliphatic carbocycles. The van der Waals surface area contributed by atoms with Gasteiger partial charge in [-0.05, 0) is 12.0 Å². The summed E-state index contributed by atoms with van der Waals surface area (Å²) in [5.41, 5.74) is 1.07. The maximum Gasteiger partial charge on any atom is 0.201 e. The molecule has 1 aromatic carbocycles. The topological polar surface area (TPSA) is 26.3 Å². The van der Waals surface area contributed by atoms with E-state index in [0.29, 0.717) is 5.94 Å². The molecule has 0 unspecified atom stereocenters. The quantitative estimate of drug-likeness (QED) is 0.769. The molecule has 1 aliphatic rings. The third-order valence-electron chi connectivity index (χ3n) is 2.67.